The van der Waals surface area contributed by atoms with Crippen LogP contribution in [-0.2, 0) is 6.42 Å². The van der Waals surface area contributed by atoms with Crippen LogP contribution in [0.15, 0.2) is 29.4 Å². The van der Waals surface area contributed by atoms with Crippen molar-refractivity contribution in [3.05, 3.63) is 29.8 Å². The molecule has 0 radical (unpaired) electrons. The van der Waals surface area contributed by atoms with Gasteiger partial charge >= 0.3 is 0 Å². The molecule has 1 unspecified atom stereocenters. The van der Waals surface area contributed by atoms with Gasteiger partial charge in [0.15, 0.2) is 0 Å². The molecule has 0 spiro atoms. The number of nitrogens with two attached hydrogens (primary N) is 1. The first-order valence-electron chi connectivity index (χ1n) is 6.51. The highest BCUT2D eigenvalue weighted by atomic mass is 16.4. The number of anilines is 1. The van der Waals surface area contributed by atoms with Crippen molar-refractivity contribution in [1.29, 1.82) is 0 Å². The second-order valence-electron chi connectivity index (χ2n) is 4.49. The minimum absolute atomic E-state index is 0.193. The predicted octanol–water partition coefficient (Wildman–Crippen LogP) is 2.97. The molecule has 100 valence electrons. The van der Waals surface area contributed by atoms with Gasteiger partial charge in [0, 0.05) is 18.2 Å². The number of benzene rings is 1. The smallest absolute Gasteiger partial charge is 0.141 e. The summed E-state index contributed by atoms with van der Waals surface area (Å²) in [4.78, 5) is 0. The molecule has 0 aliphatic heterocycles. The molecule has 0 aliphatic rings. The SMILES string of the molecule is CCCc1ccc(NC(CC)CC(N)=NO)cc1. The topological polar surface area (TPSA) is 70.6 Å². The summed E-state index contributed by atoms with van der Waals surface area (Å²) >= 11 is 0. The molecule has 4 N–H and O–H groups in total. The molecule has 18 heavy (non-hydrogen) atoms. The number of nitrogens with one attached hydrogen (secondary N) is 1. The monoisotopic (exact) mass is 249 g/mol. The van der Waals surface area contributed by atoms with Gasteiger partial charge in [0.25, 0.3) is 0 Å². The van der Waals surface area contributed by atoms with Crippen LogP contribution in [0.5, 0.6) is 0 Å². The lowest BCUT2D eigenvalue weighted by molar-refractivity contribution is 0.316. The molecule has 0 saturated carbocycles. The number of oxime groups is 1. The number of hydrogen-bond donors (Lipinski definition) is 3. The molecule has 0 aromatic heterocycles. The van der Waals surface area contributed by atoms with Crippen molar-refractivity contribution >= 4 is 11.5 Å². The maximum atomic E-state index is 8.58. The van der Waals surface area contributed by atoms with Crippen LogP contribution in [-0.4, -0.2) is 17.1 Å². The third kappa shape index (κ3) is 4.65. The lowest BCUT2D eigenvalue weighted by atomic mass is 10.1. The number of nitrogens with zero attached hydrogens (tertiary/aromatic N) is 1. The van der Waals surface area contributed by atoms with Crippen molar-refractivity contribution in [1.82, 2.24) is 0 Å². The van der Waals surface area contributed by atoms with Crippen LogP contribution in [0.4, 0.5) is 5.69 Å². The van der Waals surface area contributed by atoms with Crippen LogP contribution < -0.4 is 11.1 Å². The fourth-order valence-electron chi connectivity index (χ4n) is 1.88. The van der Waals surface area contributed by atoms with Crippen molar-refractivity contribution in [3.8, 4) is 0 Å². The highest BCUT2D eigenvalue weighted by Gasteiger charge is 2.08. The highest BCUT2D eigenvalue weighted by molar-refractivity contribution is 5.80. The Hall–Kier alpha value is -1.71. The lowest BCUT2D eigenvalue weighted by Crippen LogP contribution is -2.26. The quantitative estimate of drug-likeness (QED) is 0.301. The van der Waals surface area contributed by atoms with Crippen LogP contribution in [0.25, 0.3) is 0 Å². The van der Waals surface area contributed by atoms with Gasteiger partial charge in [-0.2, -0.15) is 0 Å². The number of hydrogen-bond acceptors (Lipinski definition) is 3. The Morgan fingerprint density at radius 2 is 2.00 bits per heavy atom. The normalized spacial score (nSPS) is 13.3. The average Bonchev–Trinajstić information content (AvgIpc) is 2.40. The Kier molecular flexibility index (Phi) is 6.05. The van der Waals surface area contributed by atoms with Crippen molar-refractivity contribution in [2.24, 2.45) is 10.9 Å². The first-order chi connectivity index (χ1) is 8.69. The zero-order chi connectivity index (χ0) is 13.4. The van der Waals surface area contributed by atoms with Crippen molar-refractivity contribution < 1.29 is 5.21 Å². The van der Waals surface area contributed by atoms with Crippen molar-refractivity contribution in [2.75, 3.05) is 5.32 Å². The third-order valence-corrected chi connectivity index (χ3v) is 2.94. The van der Waals surface area contributed by atoms with E-state index in [2.05, 4.69) is 48.6 Å². The summed E-state index contributed by atoms with van der Waals surface area (Å²) in [7, 11) is 0. The van der Waals surface area contributed by atoms with Crippen molar-refractivity contribution in [3.63, 3.8) is 0 Å². The molecule has 0 heterocycles. The second-order valence-corrected chi connectivity index (χ2v) is 4.49. The van der Waals surface area contributed by atoms with Gasteiger partial charge in [0.2, 0.25) is 0 Å². The summed E-state index contributed by atoms with van der Waals surface area (Å²) in [6.07, 6.45) is 3.74. The number of amidine groups is 1. The van der Waals surface area contributed by atoms with E-state index in [4.69, 9.17) is 10.9 Å². The van der Waals surface area contributed by atoms with Crippen LogP contribution in [0, 0.1) is 0 Å². The molecule has 0 aliphatic carbocycles. The van der Waals surface area contributed by atoms with Crippen LogP contribution in [0.1, 0.15) is 38.7 Å². The first kappa shape index (κ1) is 14.4. The summed E-state index contributed by atoms with van der Waals surface area (Å²) in [5.74, 6) is 0.261. The molecule has 1 aromatic rings. The molecule has 0 saturated heterocycles. The third-order valence-electron chi connectivity index (χ3n) is 2.94. The zero-order valence-corrected chi connectivity index (χ0v) is 11.2. The van der Waals surface area contributed by atoms with Gasteiger partial charge in [-0.15, -0.1) is 0 Å². The molecule has 1 rings (SSSR count). The standard InChI is InChI=1S/C14H23N3O/c1-3-5-11-6-8-13(9-7-11)16-12(4-2)10-14(15)17-18/h6-9,12,16,18H,3-5,10H2,1-2H3,(H2,15,17). The Morgan fingerprint density at radius 1 is 1.33 bits per heavy atom. The lowest BCUT2D eigenvalue weighted by Gasteiger charge is -2.17. The van der Waals surface area contributed by atoms with E-state index in [1.54, 1.807) is 0 Å². The van der Waals surface area contributed by atoms with Gasteiger partial charge in [-0.05, 0) is 30.5 Å². The molecular formula is C14H23N3O. The van der Waals surface area contributed by atoms with Crippen LogP contribution in [0.3, 0.4) is 0 Å². The van der Waals surface area contributed by atoms with Crippen molar-refractivity contribution in [2.45, 2.75) is 45.6 Å². The predicted molar refractivity (Wildman–Crippen MR) is 76.2 cm³/mol. The Labute approximate surface area is 109 Å². The molecule has 4 heteroatoms. The fraction of sp³-hybridized carbons (Fsp3) is 0.500. The first-order valence-corrected chi connectivity index (χ1v) is 6.51. The summed E-state index contributed by atoms with van der Waals surface area (Å²) in [5.41, 5.74) is 7.96. The zero-order valence-electron chi connectivity index (χ0n) is 11.2. The Morgan fingerprint density at radius 3 is 2.50 bits per heavy atom. The number of aryl methyl sites for hydroxylation is 1. The van der Waals surface area contributed by atoms with E-state index in [0.29, 0.717) is 6.42 Å². The van der Waals surface area contributed by atoms with Crippen LogP contribution >= 0.6 is 0 Å². The Bertz CT molecular complexity index is 373. The minimum atomic E-state index is 0.193. The molecular weight excluding hydrogens is 226 g/mol. The Balaban J connectivity index is 2.58. The maximum absolute atomic E-state index is 8.58. The summed E-state index contributed by atoms with van der Waals surface area (Å²) in [6.45, 7) is 4.25. The molecule has 0 bridgehead atoms. The average molecular weight is 249 g/mol. The van der Waals surface area contributed by atoms with E-state index < -0.39 is 0 Å². The minimum Gasteiger partial charge on any atom is -0.409 e. The van der Waals surface area contributed by atoms with Gasteiger partial charge < -0.3 is 16.3 Å². The van der Waals surface area contributed by atoms with E-state index in [1.165, 1.54) is 5.56 Å². The summed E-state index contributed by atoms with van der Waals surface area (Å²) in [6, 6.07) is 8.64. The molecule has 1 aromatic carbocycles. The van der Waals surface area contributed by atoms with Gasteiger partial charge in [-0.1, -0.05) is 37.6 Å². The fourth-order valence-corrected chi connectivity index (χ4v) is 1.88. The van der Waals surface area contributed by atoms with Crippen LogP contribution in [0.2, 0.25) is 0 Å². The maximum Gasteiger partial charge on any atom is 0.141 e. The molecule has 1 atom stereocenters. The number of rotatable bonds is 7. The summed E-state index contributed by atoms with van der Waals surface area (Å²) < 4.78 is 0. The molecule has 4 nitrogen and oxygen atoms in total. The van der Waals surface area contributed by atoms with E-state index >= 15 is 0 Å². The summed E-state index contributed by atoms with van der Waals surface area (Å²) in [5, 5.41) is 15.0. The molecule has 0 fully saturated rings. The van der Waals surface area contributed by atoms with Gasteiger partial charge in [-0.25, -0.2) is 0 Å². The van der Waals surface area contributed by atoms with Gasteiger partial charge in [0.05, 0.1) is 0 Å². The van der Waals surface area contributed by atoms with E-state index in [9.17, 15) is 0 Å². The van der Waals surface area contributed by atoms with Gasteiger partial charge in [0.1, 0.15) is 5.84 Å². The van der Waals surface area contributed by atoms with E-state index in [0.717, 1.165) is 24.9 Å². The molecule has 0 amide bonds. The largest absolute Gasteiger partial charge is 0.409 e. The highest BCUT2D eigenvalue weighted by Crippen LogP contribution is 2.14. The second kappa shape index (κ2) is 7.58. The van der Waals surface area contributed by atoms with E-state index in [-0.39, 0.29) is 11.9 Å². The van der Waals surface area contributed by atoms with E-state index in [1.807, 2.05) is 0 Å². The van der Waals surface area contributed by atoms with Gasteiger partial charge in [-0.3, -0.25) is 0 Å².